The van der Waals surface area contributed by atoms with Gasteiger partial charge in [0.15, 0.2) is 0 Å². The van der Waals surface area contributed by atoms with E-state index in [0.29, 0.717) is 6.54 Å². The van der Waals surface area contributed by atoms with E-state index in [-0.39, 0.29) is 23.8 Å². The van der Waals surface area contributed by atoms with Crippen LogP contribution in [0.3, 0.4) is 0 Å². The van der Waals surface area contributed by atoms with Gasteiger partial charge in [0.2, 0.25) is 0 Å². The van der Waals surface area contributed by atoms with Crippen molar-refractivity contribution < 1.29 is 9.53 Å². The Bertz CT molecular complexity index is 726. The fraction of sp³-hybridized carbons (Fsp3) is 0.435. The maximum absolute atomic E-state index is 12.7. The summed E-state index contributed by atoms with van der Waals surface area (Å²) in [5.41, 5.74) is 8.08. The molecule has 4 heteroatoms. The molecule has 3 atom stereocenters. The first kappa shape index (κ1) is 19.6. The number of nitrogens with one attached hydrogen (secondary N) is 1. The summed E-state index contributed by atoms with van der Waals surface area (Å²) in [5, 5.41) is 3.40. The van der Waals surface area contributed by atoms with Crippen LogP contribution in [-0.2, 0) is 9.53 Å². The van der Waals surface area contributed by atoms with Crippen molar-refractivity contribution in [2.45, 2.75) is 50.8 Å². The van der Waals surface area contributed by atoms with Gasteiger partial charge in [-0.2, -0.15) is 0 Å². The Morgan fingerprint density at radius 1 is 1.00 bits per heavy atom. The summed E-state index contributed by atoms with van der Waals surface area (Å²) in [6, 6.07) is 20.4. The van der Waals surface area contributed by atoms with Crippen LogP contribution in [0.1, 0.15) is 44.7 Å². The van der Waals surface area contributed by atoms with Crippen LogP contribution in [0.4, 0.5) is 0 Å². The molecule has 27 heavy (non-hydrogen) atoms. The average Bonchev–Trinajstić information content (AvgIpc) is 2.53. The molecule has 0 saturated carbocycles. The molecule has 1 heterocycles. The molecule has 1 aliphatic heterocycles. The van der Waals surface area contributed by atoms with Crippen molar-refractivity contribution in [3.05, 3.63) is 71.8 Å². The van der Waals surface area contributed by atoms with Gasteiger partial charge in [-0.25, -0.2) is 0 Å². The van der Waals surface area contributed by atoms with E-state index in [1.54, 1.807) is 0 Å². The number of carbonyl (C=O) groups excluding carboxylic acids is 1. The lowest BCUT2D eigenvalue weighted by atomic mass is 9.66. The van der Waals surface area contributed by atoms with Crippen LogP contribution in [0.2, 0.25) is 0 Å². The molecular weight excluding hydrogens is 336 g/mol. The lowest BCUT2D eigenvalue weighted by Crippen LogP contribution is -2.71. The van der Waals surface area contributed by atoms with Crippen molar-refractivity contribution in [2.75, 3.05) is 6.54 Å². The predicted molar refractivity (Wildman–Crippen MR) is 108 cm³/mol. The third-order valence-electron chi connectivity index (χ3n) is 5.23. The number of rotatable bonds is 5. The first-order valence-electron chi connectivity index (χ1n) is 9.55. The number of benzene rings is 2. The summed E-state index contributed by atoms with van der Waals surface area (Å²) >= 11 is 0. The van der Waals surface area contributed by atoms with Gasteiger partial charge in [-0.05, 0) is 38.8 Å². The second kappa shape index (κ2) is 7.45. The molecule has 0 aromatic heterocycles. The van der Waals surface area contributed by atoms with Gasteiger partial charge in [0.25, 0.3) is 0 Å². The first-order chi connectivity index (χ1) is 12.7. The van der Waals surface area contributed by atoms with Crippen LogP contribution >= 0.6 is 0 Å². The molecule has 144 valence electrons. The molecule has 4 nitrogen and oxygen atoms in total. The van der Waals surface area contributed by atoms with Crippen LogP contribution in [0, 0.1) is 5.92 Å². The maximum Gasteiger partial charge on any atom is 0.312 e. The zero-order chi connectivity index (χ0) is 19.7. The zero-order valence-electron chi connectivity index (χ0n) is 16.6. The molecular formula is C23H30N2O2. The van der Waals surface area contributed by atoms with E-state index >= 15 is 0 Å². The molecule has 1 fully saturated rings. The van der Waals surface area contributed by atoms with E-state index in [9.17, 15) is 4.79 Å². The third-order valence-corrected chi connectivity index (χ3v) is 5.23. The van der Waals surface area contributed by atoms with E-state index in [0.717, 1.165) is 11.1 Å². The number of carbonyl (C=O) groups is 1. The Morgan fingerprint density at radius 3 is 1.85 bits per heavy atom. The average molecular weight is 367 g/mol. The van der Waals surface area contributed by atoms with Crippen molar-refractivity contribution in [3.8, 4) is 0 Å². The van der Waals surface area contributed by atoms with Gasteiger partial charge in [0, 0.05) is 24.0 Å². The van der Waals surface area contributed by atoms with E-state index < -0.39 is 11.1 Å². The van der Waals surface area contributed by atoms with Crippen molar-refractivity contribution in [3.63, 3.8) is 0 Å². The molecule has 3 N–H and O–H groups in total. The minimum Gasteiger partial charge on any atom is -0.460 e. The molecule has 3 unspecified atom stereocenters. The van der Waals surface area contributed by atoms with Crippen LogP contribution in [0.15, 0.2) is 60.7 Å². The SMILES string of the molecule is CC(C)(C)OC(=O)C1CNC1C(C)(N)C(c1ccccc1)c1ccccc1. The monoisotopic (exact) mass is 366 g/mol. The van der Waals surface area contributed by atoms with Crippen LogP contribution in [0.5, 0.6) is 0 Å². The van der Waals surface area contributed by atoms with Crippen molar-refractivity contribution in [1.29, 1.82) is 0 Å². The number of esters is 1. The minimum atomic E-state index is -0.664. The molecule has 0 aliphatic carbocycles. The standard InChI is InChI=1S/C23H30N2O2/c1-22(2,3)27-21(26)18-15-25-20(18)23(4,24)19(16-11-7-5-8-12-16)17-13-9-6-10-14-17/h5-14,18-20,25H,15,24H2,1-4H3. The molecule has 0 spiro atoms. The number of hydrogen-bond donors (Lipinski definition) is 2. The van der Waals surface area contributed by atoms with E-state index in [4.69, 9.17) is 10.5 Å². The third kappa shape index (κ3) is 4.23. The van der Waals surface area contributed by atoms with Gasteiger partial charge in [-0.3, -0.25) is 4.79 Å². The molecule has 0 amide bonds. The fourth-order valence-corrected chi connectivity index (χ4v) is 3.99. The zero-order valence-corrected chi connectivity index (χ0v) is 16.6. The highest BCUT2D eigenvalue weighted by Crippen LogP contribution is 2.40. The molecule has 3 rings (SSSR count). The summed E-state index contributed by atoms with van der Waals surface area (Å²) < 4.78 is 5.62. The van der Waals surface area contributed by atoms with Crippen LogP contribution < -0.4 is 11.1 Å². The topological polar surface area (TPSA) is 64.3 Å². The summed E-state index contributed by atoms with van der Waals surface area (Å²) in [6.45, 7) is 8.31. The van der Waals surface area contributed by atoms with Gasteiger partial charge in [-0.15, -0.1) is 0 Å². The van der Waals surface area contributed by atoms with Crippen LogP contribution in [-0.4, -0.2) is 29.7 Å². The molecule has 1 aliphatic rings. The van der Waals surface area contributed by atoms with Gasteiger partial charge in [0.1, 0.15) is 5.60 Å². The second-order valence-electron chi connectivity index (χ2n) is 8.65. The summed E-state index contributed by atoms with van der Waals surface area (Å²) in [7, 11) is 0. The lowest BCUT2D eigenvalue weighted by Gasteiger charge is -2.50. The Kier molecular flexibility index (Phi) is 5.41. The molecule has 0 radical (unpaired) electrons. The van der Waals surface area contributed by atoms with E-state index in [1.165, 1.54) is 0 Å². The summed E-state index contributed by atoms with van der Waals surface area (Å²) in [6.07, 6.45) is 0. The smallest absolute Gasteiger partial charge is 0.312 e. The highest BCUT2D eigenvalue weighted by molar-refractivity contribution is 5.75. The summed E-state index contributed by atoms with van der Waals surface area (Å²) in [4.78, 5) is 12.7. The number of nitrogens with two attached hydrogens (primary N) is 1. The minimum absolute atomic E-state index is 0.0392. The highest BCUT2D eigenvalue weighted by Gasteiger charge is 2.51. The highest BCUT2D eigenvalue weighted by atomic mass is 16.6. The van der Waals surface area contributed by atoms with Crippen molar-refractivity contribution in [2.24, 2.45) is 11.7 Å². The first-order valence-corrected chi connectivity index (χ1v) is 9.55. The largest absolute Gasteiger partial charge is 0.460 e. The van der Waals surface area contributed by atoms with Gasteiger partial charge in [0.05, 0.1) is 5.92 Å². The number of ether oxygens (including phenoxy) is 1. The Hall–Kier alpha value is -2.17. The van der Waals surface area contributed by atoms with Gasteiger partial charge < -0.3 is 15.8 Å². The van der Waals surface area contributed by atoms with Gasteiger partial charge >= 0.3 is 5.97 Å². The second-order valence-corrected chi connectivity index (χ2v) is 8.65. The van der Waals surface area contributed by atoms with E-state index in [1.807, 2.05) is 64.1 Å². The predicted octanol–water partition coefficient (Wildman–Crippen LogP) is 3.47. The summed E-state index contributed by atoms with van der Waals surface area (Å²) in [5.74, 6) is -0.459. The van der Waals surface area contributed by atoms with Crippen LogP contribution in [0.25, 0.3) is 0 Å². The fourth-order valence-electron chi connectivity index (χ4n) is 3.99. The number of hydrogen-bond acceptors (Lipinski definition) is 4. The quantitative estimate of drug-likeness (QED) is 0.796. The maximum atomic E-state index is 12.7. The van der Waals surface area contributed by atoms with Crippen molar-refractivity contribution >= 4 is 5.97 Å². The molecule has 2 aromatic carbocycles. The molecule has 0 bridgehead atoms. The van der Waals surface area contributed by atoms with Gasteiger partial charge in [-0.1, -0.05) is 60.7 Å². The Morgan fingerprint density at radius 2 is 1.48 bits per heavy atom. The molecule has 1 saturated heterocycles. The Labute approximate surface area is 162 Å². The molecule has 2 aromatic rings. The normalized spacial score (nSPS) is 22.0. The van der Waals surface area contributed by atoms with E-state index in [2.05, 4.69) is 29.6 Å². The van der Waals surface area contributed by atoms with Crippen molar-refractivity contribution in [1.82, 2.24) is 5.32 Å². The lowest BCUT2D eigenvalue weighted by molar-refractivity contribution is -0.165. The Balaban J connectivity index is 1.93.